The van der Waals surface area contributed by atoms with E-state index in [1.54, 1.807) is 6.07 Å². The third kappa shape index (κ3) is 2.41. The maximum Gasteiger partial charge on any atom is 0.258 e. The number of nitrogens with two attached hydrogens (primary N) is 1. The largest absolute Gasteiger partial charge is 0.397 e. The lowest BCUT2D eigenvalue weighted by Gasteiger charge is -2.30. The van der Waals surface area contributed by atoms with E-state index < -0.39 is 0 Å². The molecular formula is C14H20N4O. The van der Waals surface area contributed by atoms with Crippen molar-refractivity contribution in [3.05, 3.63) is 28.8 Å². The fourth-order valence-corrected chi connectivity index (χ4v) is 2.31. The first-order valence-corrected chi connectivity index (χ1v) is 6.62. The third-order valence-electron chi connectivity index (χ3n) is 3.56. The van der Waals surface area contributed by atoms with Crippen molar-refractivity contribution in [3.63, 3.8) is 0 Å². The SMILES string of the molecule is CCC(C)N(CC)c1cc2nc[nH]c(=O)c2cc1N. The summed E-state index contributed by atoms with van der Waals surface area (Å²) < 4.78 is 0. The van der Waals surface area contributed by atoms with Gasteiger partial charge in [0.25, 0.3) is 5.56 Å². The van der Waals surface area contributed by atoms with Gasteiger partial charge in [-0.1, -0.05) is 6.92 Å². The van der Waals surface area contributed by atoms with Crippen LogP contribution in [-0.4, -0.2) is 22.6 Å². The number of nitrogens with zero attached hydrogens (tertiary/aromatic N) is 2. The summed E-state index contributed by atoms with van der Waals surface area (Å²) >= 11 is 0. The predicted molar refractivity (Wildman–Crippen MR) is 79.5 cm³/mol. The zero-order chi connectivity index (χ0) is 14.0. The lowest BCUT2D eigenvalue weighted by molar-refractivity contribution is 0.631. The molecule has 0 fully saturated rings. The van der Waals surface area contributed by atoms with E-state index in [1.807, 2.05) is 6.07 Å². The van der Waals surface area contributed by atoms with Crippen molar-refractivity contribution in [1.82, 2.24) is 9.97 Å². The van der Waals surface area contributed by atoms with Gasteiger partial charge in [0.15, 0.2) is 0 Å². The van der Waals surface area contributed by atoms with Gasteiger partial charge in [-0.2, -0.15) is 0 Å². The molecule has 1 aromatic heterocycles. The zero-order valence-electron chi connectivity index (χ0n) is 11.6. The molecule has 0 aliphatic rings. The molecule has 0 amide bonds. The molecular weight excluding hydrogens is 240 g/mol. The van der Waals surface area contributed by atoms with Crippen LogP contribution in [0.2, 0.25) is 0 Å². The van der Waals surface area contributed by atoms with Crippen molar-refractivity contribution in [3.8, 4) is 0 Å². The summed E-state index contributed by atoms with van der Waals surface area (Å²) in [5.74, 6) is 0. The van der Waals surface area contributed by atoms with Crippen molar-refractivity contribution < 1.29 is 0 Å². The number of benzene rings is 1. The van der Waals surface area contributed by atoms with Crippen molar-refractivity contribution in [2.24, 2.45) is 0 Å². The van der Waals surface area contributed by atoms with Crippen LogP contribution in [0, 0.1) is 0 Å². The molecule has 2 rings (SSSR count). The minimum absolute atomic E-state index is 0.158. The van der Waals surface area contributed by atoms with Gasteiger partial charge in [-0.15, -0.1) is 0 Å². The Morgan fingerprint density at radius 2 is 2.16 bits per heavy atom. The Bertz CT molecular complexity index is 635. The highest BCUT2D eigenvalue weighted by Gasteiger charge is 2.15. The van der Waals surface area contributed by atoms with Crippen molar-refractivity contribution in [2.75, 3.05) is 17.2 Å². The van der Waals surface area contributed by atoms with Gasteiger partial charge in [0, 0.05) is 12.6 Å². The van der Waals surface area contributed by atoms with Gasteiger partial charge in [0.1, 0.15) is 0 Å². The fraction of sp³-hybridized carbons (Fsp3) is 0.429. The van der Waals surface area contributed by atoms with Crippen LogP contribution in [0.1, 0.15) is 27.2 Å². The van der Waals surface area contributed by atoms with Gasteiger partial charge in [-0.05, 0) is 32.4 Å². The Labute approximate surface area is 112 Å². The van der Waals surface area contributed by atoms with Crippen molar-refractivity contribution >= 4 is 22.3 Å². The highest BCUT2D eigenvalue weighted by atomic mass is 16.1. The average Bonchev–Trinajstić information content (AvgIpc) is 2.41. The van der Waals surface area contributed by atoms with Crippen LogP contribution in [-0.2, 0) is 0 Å². The first-order valence-electron chi connectivity index (χ1n) is 6.62. The molecule has 0 saturated heterocycles. The molecule has 5 nitrogen and oxygen atoms in total. The van der Waals surface area contributed by atoms with Crippen LogP contribution >= 0.6 is 0 Å². The van der Waals surface area contributed by atoms with E-state index in [2.05, 4.69) is 35.6 Å². The molecule has 2 aromatic rings. The van der Waals surface area contributed by atoms with E-state index in [9.17, 15) is 4.79 Å². The molecule has 0 saturated carbocycles. The van der Waals surface area contributed by atoms with Crippen LogP contribution in [0.5, 0.6) is 0 Å². The smallest absolute Gasteiger partial charge is 0.258 e. The second-order valence-corrected chi connectivity index (χ2v) is 4.70. The summed E-state index contributed by atoms with van der Waals surface area (Å²) in [5.41, 5.74) is 8.19. The number of anilines is 2. The third-order valence-corrected chi connectivity index (χ3v) is 3.56. The van der Waals surface area contributed by atoms with E-state index in [0.717, 1.165) is 18.7 Å². The van der Waals surface area contributed by atoms with E-state index in [-0.39, 0.29) is 5.56 Å². The summed E-state index contributed by atoms with van der Waals surface area (Å²) in [6.45, 7) is 7.28. The lowest BCUT2D eigenvalue weighted by Crippen LogP contribution is -2.33. The van der Waals surface area contributed by atoms with Crippen molar-refractivity contribution in [2.45, 2.75) is 33.2 Å². The molecule has 0 aliphatic carbocycles. The van der Waals surface area contributed by atoms with Crippen LogP contribution in [0.3, 0.4) is 0 Å². The van der Waals surface area contributed by atoms with Crippen molar-refractivity contribution in [1.29, 1.82) is 0 Å². The minimum atomic E-state index is -0.158. The first kappa shape index (κ1) is 13.4. The van der Waals surface area contributed by atoms with Gasteiger partial charge in [0.05, 0.1) is 28.6 Å². The molecule has 19 heavy (non-hydrogen) atoms. The molecule has 102 valence electrons. The quantitative estimate of drug-likeness (QED) is 0.826. The standard InChI is InChI=1S/C14H20N4O/c1-4-9(3)18(5-2)13-7-12-10(6-11(13)15)14(19)17-8-16-12/h6-9H,4-5,15H2,1-3H3,(H,16,17,19). The summed E-state index contributed by atoms with van der Waals surface area (Å²) in [7, 11) is 0. The van der Waals surface area contributed by atoms with E-state index in [0.29, 0.717) is 22.6 Å². The number of hydrogen-bond donors (Lipinski definition) is 2. The molecule has 1 atom stereocenters. The lowest BCUT2D eigenvalue weighted by atomic mass is 10.1. The Morgan fingerprint density at radius 1 is 1.42 bits per heavy atom. The Kier molecular flexibility index (Phi) is 3.74. The van der Waals surface area contributed by atoms with Gasteiger partial charge in [-0.25, -0.2) is 4.98 Å². The number of aromatic nitrogens is 2. The number of aromatic amines is 1. The summed E-state index contributed by atoms with van der Waals surface area (Å²) in [5, 5.41) is 0.531. The molecule has 5 heteroatoms. The van der Waals surface area contributed by atoms with Gasteiger partial charge in [-0.3, -0.25) is 4.79 Å². The summed E-state index contributed by atoms with van der Waals surface area (Å²) in [6, 6.07) is 4.00. The molecule has 3 N–H and O–H groups in total. The molecule has 0 bridgehead atoms. The normalized spacial score (nSPS) is 12.6. The number of nitrogens with one attached hydrogen (secondary N) is 1. The number of fused-ring (bicyclic) bond motifs is 1. The van der Waals surface area contributed by atoms with E-state index in [4.69, 9.17) is 5.73 Å². The van der Waals surface area contributed by atoms with Gasteiger partial charge in [0.2, 0.25) is 0 Å². The average molecular weight is 260 g/mol. The molecule has 0 spiro atoms. The second kappa shape index (κ2) is 5.30. The maximum absolute atomic E-state index is 11.7. The van der Waals surface area contributed by atoms with Crippen LogP contribution in [0.4, 0.5) is 11.4 Å². The number of H-pyrrole nitrogens is 1. The van der Waals surface area contributed by atoms with E-state index >= 15 is 0 Å². The monoisotopic (exact) mass is 260 g/mol. The predicted octanol–water partition coefficient (Wildman–Crippen LogP) is 2.13. The summed E-state index contributed by atoms with van der Waals surface area (Å²) in [6.07, 6.45) is 2.46. The van der Waals surface area contributed by atoms with Crippen LogP contribution in [0.25, 0.3) is 10.9 Å². The topological polar surface area (TPSA) is 75.0 Å². The van der Waals surface area contributed by atoms with E-state index in [1.165, 1.54) is 6.33 Å². The molecule has 1 aromatic carbocycles. The number of nitrogen functional groups attached to an aromatic ring is 1. The van der Waals surface area contributed by atoms with Gasteiger partial charge >= 0.3 is 0 Å². The molecule has 1 unspecified atom stereocenters. The maximum atomic E-state index is 11.7. The van der Waals surface area contributed by atoms with Gasteiger partial charge < -0.3 is 15.6 Å². The first-order chi connectivity index (χ1) is 9.08. The number of hydrogen-bond acceptors (Lipinski definition) is 4. The highest BCUT2D eigenvalue weighted by molar-refractivity contribution is 5.88. The second-order valence-electron chi connectivity index (χ2n) is 4.70. The fourth-order valence-electron chi connectivity index (χ4n) is 2.31. The Hall–Kier alpha value is -2.04. The number of rotatable bonds is 4. The highest BCUT2D eigenvalue weighted by Crippen LogP contribution is 2.28. The van der Waals surface area contributed by atoms with Crippen LogP contribution in [0.15, 0.2) is 23.3 Å². The Morgan fingerprint density at radius 3 is 2.79 bits per heavy atom. The summed E-state index contributed by atoms with van der Waals surface area (Å²) in [4.78, 5) is 20.7. The Balaban J connectivity index is 2.61. The zero-order valence-corrected chi connectivity index (χ0v) is 11.6. The molecule has 0 aliphatic heterocycles. The molecule has 0 radical (unpaired) electrons. The minimum Gasteiger partial charge on any atom is -0.397 e. The van der Waals surface area contributed by atoms with Crippen LogP contribution < -0.4 is 16.2 Å². The molecule has 1 heterocycles.